The van der Waals surface area contributed by atoms with Crippen LogP contribution in [0.25, 0.3) is 0 Å². The number of para-hydroxylation sites is 1. The highest BCUT2D eigenvalue weighted by molar-refractivity contribution is 7.89. The van der Waals surface area contributed by atoms with E-state index < -0.39 is 10.0 Å². The van der Waals surface area contributed by atoms with Gasteiger partial charge in [-0.1, -0.05) is 19.1 Å². The zero-order valence-corrected chi connectivity index (χ0v) is 12.6. The molecule has 2 rings (SSSR count). The molecule has 1 heterocycles. The van der Waals surface area contributed by atoms with Crippen molar-refractivity contribution < 1.29 is 13.2 Å². The third-order valence-electron chi connectivity index (χ3n) is 3.32. The molecule has 0 bridgehead atoms. The molecule has 0 radical (unpaired) electrons. The molecule has 1 saturated heterocycles. The van der Waals surface area contributed by atoms with Crippen LogP contribution in [0.3, 0.4) is 0 Å². The maximum Gasteiger partial charge on any atom is 0.242 e. The first-order valence-corrected chi connectivity index (χ1v) is 8.56. The fourth-order valence-corrected chi connectivity index (χ4v) is 3.58. The normalized spacial score (nSPS) is 19.1. The summed E-state index contributed by atoms with van der Waals surface area (Å²) in [6.45, 7) is 3.71. The van der Waals surface area contributed by atoms with Crippen molar-refractivity contribution >= 4 is 15.7 Å². The van der Waals surface area contributed by atoms with Crippen LogP contribution in [-0.4, -0.2) is 34.2 Å². The summed E-state index contributed by atoms with van der Waals surface area (Å²) >= 11 is 0. The van der Waals surface area contributed by atoms with Crippen LogP contribution < -0.4 is 10.0 Å². The molecule has 1 atom stereocenters. The summed E-state index contributed by atoms with van der Waals surface area (Å²) < 4.78 is 32.3. The van der Waals surface area contributed by atoms with Gasteiger partial charge in [0, 0.05) is 19.7 Å². The van der Waals surface area contributed by atoms with E-state index in [4.69, 9.17) is 4.74 Å². The second-order valence-electron chi connectivity index (χ2n) is 4.85. The number of rotatable bonds is 7. The monoisotopic (exact) mass is 298 g/mol. The SMILES string of the molecule is CCNS(=O)(=O)c1ccccc1NCCC1CCCO1. The summed E-state index contributed by atoms with van der Waals surface area (Å²) in [5.41, 5.74) is 0.645. The van der Waals surface area contributed by atoms with Gasteiger partial charge in [0.1, 0.15) is 4.90 Å². The van der Waals surface area contributed by atoms with Crippen molar-refractivity contribution in [3.63, 3.8) is 0 Å². The van der Waals surface area contributed by atoms with Crippen molar-refractivity contribution in [2.24, 2.45) is 0 Å². The van der Waals surface area contributed by atoms with Gasteiger partial charge < -0.3 is 10.1 Å². The Hall–Kier alpha value is -1.11. The number of nitrogens with one attached hydrogen (secondary N) is 2. The lowest BCUT2D eigenvalue weighted by atomic mass is 10.2. The Morgan fingerprint density at radius 1 is 1.35 bits per heavy atom. The highest BCUT2D eigenvalue weighted by atomic mass is 32.2. The Balaban J connectivity index is 2.00. The van der Waals surface area contributed by atoms with Gasteiger partial charge in [0.05, 0.1) is 11.8 Å². The predicted octanol–water partition coefficient (Wildman–Crippen LogP) is 1.97. The number of sulfonamides is 1. The lowest BCUT2D eigenvalue weighted by molar-refractivity contribution is 0.107. The van der Waals surface area contributed by atoms with Crippen LogP contribution >= 0.6 is 0 Å². The van der Waals surface area contributed by atoms with Crippen LogP contribution in [0, 0.1) is 0 Å². The summed E-state index contributed by atoms with van der Waals surface area (Å²) in [6, 6.07) is 6.97. The van der Waals surface area contributed by atoms with Gasteiger partial charge in [0.2, 0.25) is 10.0 Å². The quantitative estimate of drug-likeness (QED) is 0.807. The first-order valence-electron chi connectivity index (χ1n) is 7.07. The summed E-state index contributed by atoms with van der Waals surface area (Å²) in [6.07, 6.45) is 3.42. The minimum atomic E-state index is -3.43. The Morgan fingerprint density at radius 3 is 2.85 bits per heavy atom. The van der Waals surface area contributed by atoms with Crippen molar-refractivity contribution in [3.8, 4) is 0 Å². The maximum atomic E-state index is 12.1. The number of anilines is 1. The Kier molecular flexibility index (Phi) is 5.39. The molecule has 1 aliphatic heterocycles. The number of hydrogen-bond acceptors (Lipinski definition) is 4. The van der Waals surface area contributed by atoms with E-state index in [1.807, 2.05) is 6.07 Å². The second kappa shape index (κ2) is 7.06. The van der Waals surface area contributed by atoms with Gasteiger partial charge in [0.15, 0.2) is 0 Å². The van der Waals surface area contributed by atoms with Gasteiger partial charge in [-0.3, -0.25) is 0 Å². The average molecular weight is 298 g/mol. The average Bonchev–Trinajstić information content (AvgIpc) is 2.92. The van der Waals surface area contributed by atoms with E-state index >= 15 is 0 Å². The van der Waals surface area contributed by atoms with Crippen molar-refractivity contribution in [2.45, 2.75) is 37.2 Å². The van der Waals surface area contributed by atoms with Gasteiger partial charge in [-0.25, -0.2) is 13.1 Å². The molecule has 1 aliphatic rings. The molecular formula is C14H22N2O3S. The Morgan fingerprint density at radius 2 is 2.15 bits per heavy atom. The molecule has 0 spiro atoms. The summed E-state index contributed by atoms with van der Waals surface area (Å²) in [5, 5.41) is 3.21. The van der Waals surface area contributed by atoms with Crippen LogP contribution in [0.4, 0.5) is 5.69 Å². The van der Waals surface area contributed by atoms with Crippen LogP contribution in [0.2, 0.25) is 0 Å². The Labute approximate surface area is 120 Å². The Bertz CT molecular complexity index is 525. The minimum absolute atomic E-state index is 0.300. The molecule has 0 amide bonds. The standard InChI is InChI=1S/C14H22N2O3S/c1-2-16-20(17,18)14-8-4-3-7-13(14)15-10-9-12-6-5-11-19-12/h3-4,7-8,12,15-16H,2,5-6,9-11H2,1H3. The van der Waals surface area contributed by atoms with Crippen LogP contribution in [0.1, 0.15) is 26.2 Å². The first kappa shape index (κ1) is 15.3. The van der Waals surface area contributed by atoms with Crippen molar-refractivity contribution in [3.05, 3.63) is 24.3 Å². The maximum absolute atomic E-state index is 12.1. The largest absolute Gasteiger partial charge is 0.384 e. The summed E-state index contributed by atoms with van der Waals surface area (Å²) in [4.78, 5) is 0.300. The van der Waals surface area contributed by atoms with E-state index in [1.165, 1.54) is 0 Å². The summed E-state index contributed by atoms with van der Waals surface area (Å²) in [7, 11) is -3.43. The van der Waals surface area contributed by atoms with E-state index in [-0.39, 0.29) is 0 Å². The third kappa shape index (κ3) is 3.94. The highest BCUT2D eigenvalue weighted by Gasteiger charge is 2.18. The molecule has 1 fully saturated rings. The molecule has 2 N–H and O–H groups in total. The zero-order chi connectivity index (χ0) is 14.4. The highest BCUT2D eigenvalue weighted by Crippen LogP contribution is 2.21. The molecule has 0 saturated carbocycles. The lowest BCUT2D eigenvalue weighted by Gasteiger charge is -2.14. The van der Waals surface area contributed by atoms with Crippen molar-refractivity contribution in [1.82, 2.24) is 4.72 Å². The van der Waals surface area contributed by atoms with Gasteiger partial charge in [-0.15, -0.1) is 0 Å². The lowest BCUT2D eigenvalue weighted by Crippen LogP contribution is -2.24. The van der Waals surface area contributed by atoms with E-state index in [0.717, 1.165) is 25.9 Å². The van der Waals surface area contributed by atoms with Gasteiger partial charge in [0.25, 0.3) is 0 Å². The van der Waals surface area contributed by atoms with E-state index in [0.29, 0.717) is 29.8 Å². The van der Waals surface area contributed by atoms with Crippen molar-refractivity contribution in [1.29, 1.82) is 0 Å². The minimum Gasteiger partial charge on any atom is -0.384 e. The van der Waals surface area contributed by atoms with Gasteiger partial charge >= 0.3 is 0 Å². The molecule has 0 aromatic heterocycles. The zero-order valence-electron chi connectivity index (χ0n) is 11.8. The number of benzene rings is 1. The second-order valence-corrected chi connectivity index (χ2v) is 6.58. The van der Waals surface area contributed by atoms with E-state index in [9.17, 15) is 8.42 Å². The molecule has 0 aliphatic carbocycles. The predicted molar refractivity (Wildman–Crippen MR) is 79.4 cm³/mol. The number of hydrogen-bond donors (Lipinski definition) is 2. The number of ether oxygens (including phenoxy) is 1. The van der Waals surface area contributed by atoms with E-state index in [1.54, 1.807) is 25.1 Å². The fraction of sp³-hybridized carbons (Fsp3) is 0.571. The fourth-order valence-electron chi connectivity index (χ4n) is 2.35. The van der Waals surface area contributed by atoms with Crippen molar-refractivity contribution in [2.75, 3.05) is 25.0 Å². The smallest absolute Gasteiger partial charge is 0.242 e. The van der Waals surface area contributed by atoms with Crippen LogP contribution in [0.15, 0.2) is 29.2 Å². The van der Waals surface area contributed by atoms with E-state index in [2.05, 4.69) is 10.0 Å². The molecule has 1 aromatic carbocycles. The molecule has 1 aromatic rings. The topological polar surface area (TPSA) is 67.4 Å². The molecule has 6 heteroatoms. The molecule has 1 unspecified atom stereocenters. The molecule has 112 valence electrons. The van der Waals surface area contributed by atoms with Gasteiger partial charge in [-0.05, 0) is 31.4 Å². The molecule has 20 heavy (non-hydrogen) atoms. The van der Waals surface area contributed by atoms with Crippen LogP contribution in [0.5, 0.6) is 0 Å². The van der Waals surface area contributed by atoms with Gasteiger partial charge in [-0.2, -0.15) is 0 Å². The van der Waals surface area contributed by atoms with Crippen LogP contribution in [-0.2, 0) is 14.8 Å². The summed E-state index contributed by atoms with van der Waals surface area (Å²) in [5.74, 6) is 0. The first-order chi connectivity index (χ1) is 9.63. The molecular weight excluding hydrogens is 276 g/mol. The third-order valence-corrected chi connectivity index (χ3v) is 4.92. The molecule has 5 nitrogen and oxygen atoms in total.